The summed E-state index contributed by atoms with van der Waals surface area (Å²) in [5.74, 6) is -0.596. The number of fused-ring (bicyclic) bond motifs is 2. The number of pyridine rings is 1. The molecule has 1 atom stereocenters. The predicted octanol–water partition coefficient (Wildman–Crippen LogP) is 5.11. The van der Waals surface area contributed by atoms with Gasteiger partial charge in [0.25, 0.3) is 0 Å². The van der Waals surface area contributed by atoms with Crippen molar-refractivity contribution in [3.8, 4) is 0 Å². The van der Waals surface area contributed by atoms with Gasteiger partial charge in [0, 0.05) is 37.1 Å². The van der Waals surface area contributed by atoms with Gasteiger partial charge in [0.2, 0.25) is 0 Å². The molecule has 0 spiro atoms. The van der Waals surface area contributed by atoms with Gasteiger partial charge in [0.1, 0.15) is 0 Å². The molecule has 32 heavy (non-hydrogen) atoms. The second-order valence-corrected chi connectivity index (χ2v) is 8.58. The molecular formula is C26H27N3O3. The van der Waals surface area contributed by atoms with E-state index in [-0.39, 0.29) is 5.56 Å². The van der Waals surface area contributed by atoms with E-state index < -0.39 is 5.97 Å². The van der Waals surface area contributed by atoms with Crippen LogP contribution < -0.4 is 10.2 Å². The zero-order chi connectivity index (χ0) is 22.1. The van der Waals surface area contributed by atoms with E-state index in [0.29, 0.717) is 31.4 Å². The Morgan fingerprint density at radius 2 is 1.91 bits per heavy atom. The number of nitrogens with one attached hydrogen (secondary N) is 1. The molecule has 3 aromatic rings. The maximum atomic E-state index is 11.5. The van der Waals surface area contributed by atoms with Crippen molar-refractivity contribution in [2.75, 3.05) is 23.8 Å². The summed E-state index contributed by atoms with van der Waals surface area (Å²) in [5.41, 5.74) is 8.46. The normalized spacial score (nSPS) is 16.8. The lowest BCUT2D eigenvalue weighted by molar-refractivity contribution is 0.0697. The number of anilines is 3. The molecule has 0 fully saturated rings. The molecule has 2 aromatic carbocycles. The lowest BCUT2D eigenvalue weighted by atomic mass is 9.82. The van der Waals surface area contributed by atoms with E-state index in [9.17, 15) is 9.90 Å². The molecule has 2 heterocycles. The molecule has 2 N–H and O–H groups in total. The molecule has 0 saturated heterocycles. The SMILES string of the molecule is CN(c1ccc2c(c1)COC2)c1ccc2c(c1)CCC[C@H]2CNc1cnccc1C(=O)O. The topological polar surface area (TPSA) is 74.7 Å². The number of hydrogen-bond donors (Lipinski definition) is 2. The predicted molar refractivity (Wildman–Crippen MR) is 125 cm³/mol. The zero-order valence-electron chi connectivity index (χ0n) is 18.2. The number of carboxylic acid groups (broad SMARTS) is 1. The third-order valence-corrected chi connectivity index (χ3v) is 6.64. The fraction of sp³-hybridized carbons (Fsp3) is 0.308. The summed E-state index contributed by atoms with van der Waals surface area (Å²) in [6.07, 6.45) is 6.38. The molecule has 2 aliphatic rings. The van der Waals surface area contributed by atoms with Gasteiger partial charge in [0.05, 0.1) is 30.7 Å². The van der Waals surface area contributed by atoms with Crippen molar-refractivity contribution in [1.82, 2.24) is 4.98 Å². The van der Waals surface area contributed by atoms with Crippen LogP contribution in [0.4, 0.5) is 17.1 Å². The number of carbonyl (C=O) groups is 1. The largest absolute Gasteiger partial charge is 0.478 e. The summed E-state index contributed by atoms with van der Waals surface area (Å²) in [4.78, 5) is 17.8. The summed E-state index contributed by atoms with van der Waals surface area (Å²) >= 11 is 0. The minimum Gasteiger partial charge on any atom is -0.478 e. The first kappa shape index (κ1) is 20.5. The van der Waals surface area contributed by atoms with E-state index in [1.807, 2.05) is 0 Å². The highest BCUT2D eigenvalue weighted by atomic mass is 16.5. The second kappa shape index (κ2) is 8.63. The number of hydrogen-bond acceptors (Lipinski definition) is 5. The van der Waals surface area contributed by atoms with Gasteiger partial charge >= 0.3 is 5.97 Å². The Bertz CT molecular complexity index is 1160. The van der Waals surface area contributed by atoms with Crippen molar-refractivity contribution in [2.24, 2.45) is 0 Å². The van der Waals surface area contributed by atoms with E-state index >= 15 is 0 Å². The van der Waals surface area contributed by atoms with E-state index in [2.05, 4.69) is 58.6 Å². The van der Waals surface area contributed by atoms with Crippen LogP contribution in [0.15, 0.2) is 54.9 Å². The van der Waals surface area contributed by atoms with E-state index in [1.165, 1.54) is 45.9 Å². The molecule has 0 radical (unpaired) electrons. The van der Waals surface area contributed by atoms with Gasteiger partial charge in [0.15, 0.2) is 0 Å². The summed E-state index contributed by atoms with van der Waals surface area (Å²) < 4.78 is 5.56. The molecule has 1 aliphatic heterocycles. The summed E-state index contributed by atoms with van der Waals surface area (Å²) in [7, 11) is 2.11. The molecule has 5 rings (SSSR count). The molecule has 0 amide bonds. The van der Waals surface area contributed by atoms with Gasteiger partial charge in [-0.25, -0.2) is 4.79 Å². The van der Waals surface area contributed by atoms with Gasteiger partial charge < -0.3 is 20.1 Å². The van der Waals surface area contributed by atoms with Crippen LogP contribution in [0.1, 0.15) is 51.4 Å². The summed E-state index contributed by atoms with van der Waals surface area (Å²) in [6, 6.07) is 14.8. The highest BCUT2D eigenvalue weighted by Crippen LogP contribution is 2.36. The molecule has 6 heteroatoms. The standard InChI is InChI=1S/C26H27N3O3/c1-29(21-6-5-19-15-32-16-20(19)12-21)22-7-8-23-17(11-22)3-2-4-18(23)13-28-25-14-27-10-9-24(25)26(30)31/h5-12,14,18,28H,2-4,13,15-16H2,1H3,(H,30,31)/t18-/m0/s1. The molecule has 164 valence electrons. The van der Waals surface area contributed by atoms with Crippen molar-refractivity contribution in [1.29, 1.82) is 0 Å². The van der Waals surface area contributed by atoms with E-state index in [4.69, 9.17) is 4.74 Å². The number of benzene rings is 2. The lowest BCUT2D eigenvalue weighted by Crippen LogP contribution is -2.20. The molecule has 0 bridgehead atoms. The molecule has 1 aliphatic carbocycles. The van der Waals surface area contributed by atoms with Crippen molar-refractivity contribution < 1.29 is 14.6 Å². The third kappa shape index (κ3) is 3.94. The van der Waals surface area contributed by atoms with Crippen LogP contribution in [0.5, 0.6) is 0 Å². The number of aryl methyl sites for hydroxylation is 1. The van der Waals surface area contributed by atoms with Crippen molar-refractivity contribution in [2.45, 2.75) is 38.4 Å². The first-order valence-corrected chi connectivity index (χ1v) is 11.1. The lowest BCUT2D eigenvalue weighted by Gasteiger charge is -2.28. The number of aromatic nitrogens is 1. The minimum absolute atomic E-state index is 0.257. The van der Waals surface area contributed by atoms with Gasteiger partial charge in [-0.2, -0.15) is 0 Å². The molecule has 0 unspecified atom stereocenters. The monoisotopic (exact) mass is 429 g/mol. The Kier molecular flexibility index (Phi) is 5.53. The summed E-state index contributed by atoms with van der Waals surface area (Å²) in [5, 5.41) is 12.7. The molecule has 0 saturated carbocycles. The highest BCUT2D eigenvalue weighted by molar-refractivity contribution is 5.93. The quantitative estimate of drug-likeness (QED) is 0.567. The van der Waals surface area contributed by atoms with E-state index in [0.717, 1.165) is 19.3 Å². The van der Waals surface area contributed by atoms with Crippen LogP contribution in [-0.4, -0.2) is 29.7 Å². The zero-order valence-corrected chi connectivity index (χ0v) is 18.2. The Labute approximate surface area is 187 Å². The molecule has 6 nitrogen and oxygen atoms in total. The van der Waals surface area contributed by atoms with Crippen LogP contribution in [0.25, 0.3) is 0 Å². The van der Waals surface area contributed by atoms with Gasteiger partial charge in [-0.05, 0) is 71.8 Å². The fourth-order valence-electron chi connectivity index (χ4n) is 4.79. The molecular weight excluding hydrogens is 402 g/mol. The number of nitrogens with zero attached hydrogens (tertiary/aromatic N) is 2. The minimum atomic E-state index is -0.940. The van der Waals surface area contributed by atoms with E-state index in [1.54, 1.807) is 6.20 Å². The highest BCUT2D eigenvalue weighted by Gasteiger charge is 2.22. The maximum Gasteiger partial charge on any atom is 0.337 e. The Morgan fingerprint density at radius 3 is 2.75 bits per heavy atom. The number of carboxylic acids is 1. The average molecular weight is 430 g/mol. The third-order valence-electron chi connectivity index (χ3n) is 6.64. The van der Waals surface area contributed by atoms with Crippen molar-refractivity contribution in [3.05, 3.63) is 82.7 Å². The average Bonchev–Trinajstić information content (AvgIpc) is 3.30. The maximum absolute atomic E-state index is 11.5. The second-order valence-electron chi connectivity index (χ2n) is 8.58. The van der Waals surface area contributed by atoms with Crippen LogP contribution in [-0.2, 0) is 24.4 Å². The van der Waals surface area contributed by atoms with Gasteiger partial charge in [-0.3, -0.25) is 4.98 Å². The smallest absolute Gasteiger partial charge is 0.337 e. The Hall–Kier alpha value is -3.38. The van der Waals surface area contributed by atoms with Gasteiger partial charge in [-0.1, -0.05) is 12.1 Å². The fourth-order valence-corrected chi connectivity index (χ4v) is 4.79. The van der Waals surface area contributed by atoms with Crippen LogP contribution in [0.2, 0.25) is 0 Å². The van der Waals surface area contributed by atoms with Crippen LogP contribution in [0, 0.1) is 0 Å². The van der Waals surface area contributed by atoms with Crippen LogP contribution in [0.3, 0.4) is 0 Å². The first-order valence-electron chi connectivity index (χ1n) is 11.1. The van der Waals surface area contributed by atoms with Crippen molar-refractivity contribution in [3.63, 3.8) is 0 Å². The Balaban J connectivity index is 1.34. The molecule has 1 aromatic heterocycles. The van der Waals surface area contributed by atoms with Crippen LogP contribution >= 0.6 is 0 Å². The number of ether oxygens (including phenoxy) is 1. The Morgan fingerprint density at radius 1 is 1.12 bits per heavy atom. The summed E-state index contributed by atoms with van der Waals surface area (Å²) in [6.45, 7) is 2.09. The first-order chi connectivity index (χ1) is 15.6. The number of rotatable bonds is 6. The number of aromatic carboxylic acids is 1. The van der Waals surface area contributed by atoms with Crippen molar-refractivity contribution >= 4 is 23.0 Å². The van der Waals surface area contributed by atoms with Gasteiger partial charge in [-0.15, -0.1) is 0 Å².